The molecule has 0 aromatic carbocycles. The average molecular weight is 465 g/mol. The molecule has 0 rings (SSSR count). The summed E-state index contributed by atoms with van der Waals surface area (Å²) in [6, 6.07) is 0. The first-order valence-electron chi connectivity index (χ1n) is 12.6. The molecule has 0 spiro atoms. The Morgan fingerprint density at radius 3 is 1.52 bits per heavy atom. The van der Waals surface area contributed by atoms with Crippen molar-refractivity contribution >= 4 is 13.6 Å². The number of unbranched alkanes of at least 4 members (excludes halogenated alkanes) is 14. The molecule has 7 heteroatoms. The standard InChI is InChI=1S/C24H49O6P/c1-22(2)18-16-14-12-10-8-6-4-3-5-7-9-11-13-15-17-19-24(26)30-20-23(25)21-31(27,28)29/h22-23,25H,3-21H2,1-2H3,(H2,27,28,29). The molecule has 6 nitrogen and oxygen atoms in total. The molecule has 0 fully saturated rings. The largest absolute Gasteiger partial charge is 0.463 e. The van der Waals surface area contributed by atoms with E-state index in [0.717, 1.165) is 25.2 Å². The Kier molecular flexibility index (Phi) is 19.9. The SMILES string of the molecule is CC(C)CCCCCCCCCCCCCCCCCC(=O)OCC(O)CP(=O)(O)O. The van der Waals surface area contributed by atoms with Gasteiger partial charge in [0.15, 0.2) is 0 Å². The molecular formula is C24H49O6P. The molecule has 31 heavy (non-hydrogen) atoms. The lowest BCUT2D eigenvalue weighted by Crippen LogP contribution is -2.22. The zero-order valence-corrected chi connectivity index (χ0v) is 21.0. The molecule has 0 aliphatic carbocycles. The highest BCUT2D eigenvalue weighted by molar-refractivity contribution is 7.51. The first-order valence-corrected chi connectivity index (χ1v) is 14.4. The maximum absolute atomic E-state index is 11.6. The van der Waals surface area contributed by atoms with Gasteiger partial charge in [-0.2, -0.15) is 0 Å². The monoisotopic (exact) mass is 464 g/mol. The molecular weight excluding hydrogens is 415 g/mol. The van der Waals surface area contributed by atoms with Crippen molar-refractivity contribution in [2.24, 2.45) is 5.92 Å². The lowest BCUT2D eigenvalue weighted by Gasteiger charge is -2.12. The fourth-order valence-electron chi connectivity index (χ4n) is 3.71. The minimum Gasteiger partial charge on any atom is -0.463 e. The van der Waals surface area contributed by atoms with E-state index in [9.17, 15) is 14.5 Å². The zero-order chi connectivity index (χ0) is 23.4. The van der Waals surface area contributed by atoms with Gasteiger partial charge in [0.25, 0.3) is 0 Å². The normalized spacial score (nSPS) is 13.0. The molecule has 0 aliphatic heterocycles. The third-order valence-electron chi connectivity index (χ3n) is 5.55. The van der Waals surface area contributed by atoms with E-state index in [0.29, 0.717) is 6.42 Å². The summed E-state index contributed by atoms with van der Waals surface area (Å²) in [5.41, 5.74) is 0. The highest BCUT2D eigenvalue weighted by atomic mass is 31.2. The molecule has 0 bridgehead atoms. The number of aliphatic hydroxyl groups excluding tert-OH is 1. The predicted molar refractivity (Wildman–Crippen MR) is 127 cm³/mol. The van der Waals surface area contributed by atoms with E-state index >= 15 is 0 Å². The number of ether oxygens (including phenoxy) is 1. The van der Waals surface area contributed by atoms with E-state index in [1.54, 1.807) is 0 Å². The van der Waals surface area contributed by atoms with Crippen LogP contribution in [0.3, 0.4) is 0 Å². The third kappa shape index (κ3) is 25.7. The quantitative estimate of drug-likeness (QED) is 0.0979. The Hall–Kier alpha value is -0.420. The maximum atomic E-state index is 11.6. The average Bonchev–Trinajstić information content (AvgIpc) is 2.67. The second-order valence-electron chi connectivity index (χ2n) is 9.42. The highest BCUT2D eigenvalue weighted by Gasteiger charge is 2.20. The molecule has 0 saturated carbocycles. The minimum absolute atomic E-state index is 0.292. The van der Waals surface area contributed by atoms with Gasteiger partial charge < -0.3 is 19.6 Å². The van der Waals surface area contributed by atoms with Crippen molar-refractivity contribution in [3.8, 4) is 0 Å². The van der Waals surface area contributed by atoms with Crippen LogP contribution in [0, 0.1) is 5.92 Å². The summed E-state index contributed by atoms with van der Waals surface area (Å²) < 4.78 is 15.6. The van der Waals surface area contributed by atoms with Gasteiger partial charge in [-0.05, 0) is 12.3 Å². The van der Waals surface area contributed by atoms with Crippen LogP contribution in [0.4, 0.5) is 0 Å². The van der Waals surface area contributed by atoms with E-state index in [4.69, 9.17) is 14.5 Å². The molecule has 0 radical (unpaired) electrons. The summed E-state index contributed by atoms with van der Waals surface area (Å²) in [4.78, 5) is 29.0. The van der Waals surface area contributed by atoms with Crippen LogP contribution in [0.15, 0.2) is 0 Å². The maximum Gasteiger partial charge on any atom is 0.328 e. The number of carbonyl (C=O) groups is 1. The van der Waals surface area contributed by atoms with Crippen molar-refractivity contribution < 1.29 is 29.0 Å². The first-order chi connectivity index (χ1) is 14.7. The number of hydrogen-bond acceptors (Lipinski definition) is 4. The van der Waals surface area contributed by atoms with Gasteiger partial charge in [0, 0.05) is 6.42 Å². The van der Waals surface area contributed by atoms with Gasteiger partial charge in [-0.15, -0.1) is 0 Å². The van der Waals surface area contributed by atoms with Crippen LogP contribution in [0.5, 0.6) is 0 Å². The molecule has 0 amide bonds. The Labute approximate surface area is 190 Å². The van der Waals surface area contributed by atoms with Crippen LogP contribution >= 0.6 is 7.60 Å². The van der Waals surface area contributed by atoms with Gasteiger partial charge >= 0.3 is 13.6 Å². The summed E-state index contributed by atoms with van der Waals surface area (Å²) >= 11 is 0. The second-order valence-corrected chi connectivity index (χ2v) is 11.1. The fraction of sp³-hybridized carbons (Fsp3) is 0.958. The van der Waals surface area contributed by atoms with Crippen molar-refractivity contribution in [3.05, 3.63) is 0 Å². The molecule has 1 unspecified atom stereocenters. The minimum atomic E-state index is -4.28. The topological polar surface area (TPSA) is 104 Å². The fourth-order valence-corrected chi connectivity index (χ4v) is 4.36. The van der Waals surface area contributed by atoms with Gasteiger partial charge in [0.1, 0.15) is 6.61 Å². The Morgan fingerprint density at radius 2 is 1.13 bits per heavy atom. The van der Waals surface area contributed by atoms with Crippen LogP contribution in [0.2, 0.25) is 0 Å². The molecule has 0 saturated heterocycles. The smallest absolute Gasteiger partial charge is 0.328 e. The second kappa shape index (κ2) is 20.2. The number of carbonyl (C=O) groups excluding carboxylic acids is 1. The van der Waals surface area contributed by atoms with Crippen LogP contribution in [0.1, 0.15) is 123 Å². The van der Waals surface area contributed by atoms with Crippen LogP contribution < -0.4 is 0 Å². The van der Waals surface area contributed by atoms with Crippen molar-refractivity contribution in [1.29, 1.82) is 0 Å². The summed E-state index contributed by atoms with van der Waals surface area (Å²) in [6.07, 6.45) is 18.7. The van der Waals surface area contributed by atoms with Gasteiger partial charge in [0.2, 0.25) is 0 Å². The Balaban J connectivity index is 3.26. The number of hydrogen-bond donors (Lipinski definition) is 3. The number of rotatable bonds is 22. The molecule has 186 valence electrons. The lowest BCUT2D eigenvalue weighted by atomic mass is 10.0. The summed E-state index contributed by atoms with van der Waals surface area (Å²) in [7, 11) is -4.28. The van der Waals surface area contributed by atoms with Crippen LogP contribution in [-0.2, 0) is 14.1 Å². The van der Waals surface area contributed by atoms with Crippen LogP contribution in [-0.4, -0.2) is 39.7 Å². The Bertz CT molecular complexity index is 463. The van der Waals surface area contributed by atoms with E-state index < -0.39 is 25.8 Å². The third-order valence-corrected chi connectivity index (χ3v) is 6.44. The number of esters is 1. The Morgan fingerprint density at radius 1 is 0.742 bits per heavy atom. The molecule has 3 N–H and O–H groups in total. The summed E-state index contributed by atoms with van der Waals surface area (Å²) in [5, 5.41) is 9.39. The van der Waals surface area contributed by atoms with Crippen LogP contribution in [0.25, 0.3) is 0 Å². The summed E-state index contributed by atoms with van der Waals surface area (Å²) in [5.74, 6) is 0.432. The van der Waals surface area contributed by atoms with Crippen molar-refractivity contribution in [2.75, 3.05) is 12.8 Å². The highest BCUT2D eigenvalue weighted by Crippen LogP contribution is 2.34. The van der Waals surface area contributed by atoms with Gasteiger partial charge in [0.05, 0.1) is 12.3 Å². The van der Waals surface area contributed by atoms with Gasteiger partial charge in [-0.25, -0.2) is 0 Å². The van der Waals surface area contributed by atoms with E-state index in [2.05, 4.69) is 13.8 Å². The van der Waals surface area contributed by atoms with Gasteiger partial charge in [-0.3, -0.25) is 9.36 Å². The molecule has 0 aromatic rings. The van der Waals surface area contributed by atoms with Crippen molar-refractivity contribution in [3.63, 3.8) is 0 Å². The van der Waals surface area contributed by atoms with E-state index in [1.165, 1.54) is 83.5 Å². The van der Waals surface area contributed by atoms with E-state index in [-0.39, 0.29) is 6.61 Å². The molecule has 0 aromatic heterocycles. The van der Waals surface area contributed by atoms with Gasteiger partial charge in [-0.1, -0.05) is 110 Å². The molecule has 0 aliphatic rings. The van der Waals surface area contributed by atoms with Crippen molar-refractivity contribution in [2.45, 2.75) is 129 Å². The lowest BCUT2D eigenvalue weighted by molar-refractivity contribution is -0.146. The molecule has 0 heterocycles. The predicted octanol–water partition coefficient (Wildman–Crippen LogP) is 6.36. The summed E-state index contributed by atoms with van der Waals surface area (Å²) in [6.45, 7) is 4.25. The zero-order valence-electron chi connectivity index (χ0n) is 20.1. The van der Waals surface area contributed by atoms with Crippen molar-refractivity contribution in [1.82, 2.24) is 0 Å². The first kappa shape index (κ1) is 30.6. The van der Waals surface area contributed by atoms with E-state index in [1.807, 2.05) is 0 Å². The molecule has 1 atom stereocenters. The number of aliphatic hydroxyl groups is 1.